The number of benzene rings is 1. The first-order valence-electron chi connectivity index (χ1n) is 13.1. The number of nitrogens with one attached hydrogen (secondary N) is 1. The van der Waals surface area contributed by atoms with Gasteiger partial charge >= 0.3 is 0 Å². The van der Waals surface area contributed by atoms with Gasteiger partial charge in [0.25, 0.3) is 0 Å². The van der Waals surface area contributed by atoms with Gasteiger partial charge < -0.3 is 20.5 Å². The van der Waals surface area contributed by atoms with E-state index in [1.165, 1.54) is 82.6 Å². The van der Waals surface area contributed by atoms with Gasteiger partial charge in [0.15, 0.2) is 0 Å². The quantitative estimate of drug-likeness (QED) is 0.193. The molecule has 3 N–H and O–H groups in total. The summed E-state index contributed by atoms with van der Waals surface area (Å²) in [6.07, 6.45) is 18.2. The molecular weight excluding hydrogens is 384 g/mol. The normalized spacial score (nSPS) is 11.1. The van der Waals surface area contributed by atoms with E-state index in [2.05, 4.69) is 37.4 Å². The van der Waals surface area contributed by atoms with Crippen molar-refractivity contribution in [1.29, 1.82) is 0 Å². The molecule has 0 aromatic heterocycles. The highest BCUT2D eigenvalue weighted by Gasteiger charge is 2.04. The Labute approximate surface area is 192 Å². The Balaban J connectivity index is 2.37. The molecule has 0 amide bonds. The molecule has 0 atom stereocenters. The van der Waals surface area contributed by atoms with Crippen LogP contribution < -0.4 is 20.5 Å². The minimum absolute atomic E-state index is 0.649. The molecule has 31 heavy (non-hydrogen) atoms. The summed E-state index contributed by atoms with van der Waals surface area (Å²) in [6, 6.07) is 6.31. The van der Waals surface area contributed by atoms with E-state index in [4.69, 9.17) is 15.2 Å². The molecule has 0 aliphatic heterocycles. The molecule has 4 heteroatoms. The van der Waals surface area contributed by atoms with Crippen LogP contribution >= 0.6 is 0 Å². The molecule has 0 spiro atoms. The van der Waals surface area contributed by atoms with Crippen molar-refractivity contribution in [1.82, 2.24) is 5.32 Å². The zero-order chi connectivity index (χ0) is 22.4. The lowest BCUT2D eigenvalue weighted by Gasteiger charge is -2.13. The summed E-state index contributed by atoms with van der Waals surface area (Å²) >= 11 is 0. The molecule has 0 unspecified atom stereocenters. The highest BCUT2D eigenvalue weighted by atomic mass is 16.5. The smallest absolute Gasteiger partial charge is 0.123 e. The maximum atomic E-state index is 6.07. The molecule has 1 aromatic rings. The topological polar surface area (TPSA) is 56.5 Å². The van der Waals surface area contributed by atoms with Gasteiger partial charge in [0.05, 0.1) is 13.2 Å². The molecule has 1 aromatic carbocycles. The molecule has 0 radical (unpaired) electrons. The molecule has 0 aliphatic rings. The van der Waals surface area contributed by atoms with E-state index in [1.54, 1.807) is 0 Å². The Morgan fingerprint density at radius 2 is 1.10 bits per heavy atom. The Bertz CT molecular complexity index is 484. The zero-order valence-electron chi connectivity index (χ0n) is 20.6. The first-order chi connectivity index (χ1) is 15.3. The second kappa shape index (κ2) is 20.6. The van der Waals surface area contributed by atoms with Gasteiger partial charge in [-0.2, -0.15) is 0 Å². The third-order valence-electron chi connectivity index (χ3n) is 5.62. The number of nitrogens with two attached hydrogens (primary N) is 1. The van der Waals surface area contributed by atoms with Gasteiger partial charge in [-0.1, -0.05) is 90.9 Å². The Morgan fingerprint density at radius 3 is 1.55 bits per heavy atom. The fourth-order valence-electron chi connectivity index (χ4n) is 3.73. The standard InChI is InChI=1S/C27H50N2O2/c1-3-5-7-9-11-13-15-19-30-26-21-25(24-29-18-17-28)22-27(23-26)31-20-16-14-12-10-8-6-4-2/h21-23,29H,3-20,24,28H2,1-2H3. The minimum Gasteiger partial charge on any atom is -0.493 e. The maximum absolute atomic E-state index is 6.07. The van der Waals surface area contributed by atoms with E-state index >= 15 is 0 Å². The largest absolute Gasteiger partial charge is 0.493 e. The van der Waals surface area contributed by atoms with E-state index < -0.39 is 0 Å². The lowest BCUT2D eigenvalue weighted by Crippen LogP contribution is -2.21. The van der Waals surface area contributed by atoms with Crippen LogP contribution in [0.5, 0.6) is 11.5 Å². The molecule has 0 saturated carbocycles. The molecule has 4 nitrogen and oxygen atoms in total. The van der Waals surface area contributed by atoms with Gasteiger partial charge in [-0.15, -0.1) is 0 Å². The van der Waals surface area contributed by atoms with Crippen LogP contribution in [-0.2, 0) is 6.54 Å². The Hall–Kier alpha value is -1.26. The van der Waals surface area contributed by atoms with Gasteiger partial charge in [-0.3, -0.25) is 0 Å². The fourth-order valence-corrected chi connectivity index (χ4v) is 3.73. The number of rotatable bonds is 22. The molecule has 180 valence electrons. The predicted molar refractivity (Wildman–Crippen MR) is 134 cm³/mol. The highest BCUT2D eigenvalue weighted by molar-refractivity contribution is 5.38. The SMILES string of the molecule is CCCCCCCCCOc1cc(CNCCN)cc(OCCCCCCCCC)c1. The van der Waals surface area contributed by atoms with Crippen molar-refractivity contribution >= 4 is 0 Å². The van der Waals surface area contributed by atoms with E-state index in [0.717, 1.165) is 50.6 Å². The first kappa shape index (κ1) is 27.8. The van der Waals surface area contributed by atoms with Crippen molar-refractivity contribution in [2.75, 3.05) is 26.3 Å². The average Bonchev–Trinajstić information content (AvgIpc) is 2.77. The Morgan fingerprint density at radius 1 is 0.645 bits per heavy atom. The summed E-state index contributed by atoms with van der Waals surface area (Å²) in [5, 5.41) is 3.37. The number of unbranched alkanes of at least 4 members (excludes halogenated alkanes) is 12. The van der Waals surface area contributed by atoms with Gasteiger partial charge in [-0.05, 0) is 30.5 Å². The number of hydrogen-bond acceptors (Lipinski definition) is 4. The predicted octanol–water partition coefficient (Wildman–Crippen LogP) is 6.99. The van der Waals surface area contributed by atoms with E-state index in [1.807, 2.05) is 0 Å². The van der Waals surface area contributed by atoms with Crippen molar-refractivity contribution in [3.63, 3.8) is 0 Å². The lowest BCUT2D eigenvalue weighted by molar-refractivity contribution is 0.289. The van der Waals surface area contributed by atoms with Crippen molar-refractivity contribution in [2.24, 2.45) is 5.73 Å². The van der Waals surface area contributed by atoms with Crippen LogP contribution in [0.3, 0.4) is 0 Å². The van der Waals surface area contributed by atoms with Crippen molar-refractivity contribution < 1.29 is 9.47 Å². The molecule has 0 heterocycles. The fraction of sp³-hybridized carbons (Fsp3) is 0.778. The van der Waals surface area contributed by atoms with Crippen LogP contribution in [0.25, 0.3) is 0 Å². The van der Waals surface area contributed by atoms with Crippen LogP contribution in [-0.4, -0.2) is 26.3 Å². The van der Waals surface area contributed by atoms with E-state index in [0.29, 0.717) is 6.54 Å². The van der Waals surface area contributed by atoms with Crippen molar-refractivity contribution in [3.05, 3.63) is 23.8 Å². The van der Waals surface area contributed by atoms with Gasteiger partial charge in [0.1, 0.15) is 11.5 Å². The van der Waals surface area contributed by atoms with Crippen LogP contribution in [0.2, 0.25) is 0 Å². The number of ether oxygens (including phenoxy) is 2. The first-order valence-corrected chi connectivity index (χ1v) is 13.1. The third-order valence-corrected chi connectivity index (χ3v) is 5.62. The summed E-state index contributed by atoms with van der Waals surface area (Å²) in [7, 11) is 0. The average molecular weight is 435 g/mol. The molecule has 1 rings (SSSR count). The summed E-state index contributed by atoms with van der Waals surface area (Å²) in [4.78, 5) is 0. The molecule has 0 bridgehead atoms. The van der Waals surface area contributed by atoms with E-state index in [9.17, 15) is 0 Å². The Kier molecular flexibility index (Phi) is 18.5. The molecule has 0 aliphatic carbocycles. The molecular formula is C27H50N2O2. The van der Waals surface area contributed by atoms with Crippen molar-refractivity contribution in [3.8, 4) is 11.5 Å². The van der Waals surface area contributed by atoms with Crippen LogP contribution in [0, 0.1) is 0 Å². The summed E-state index contributed by atoms with van der Waals surface area (Å²) in [6.45, 7) is 8.35. The second-order valence-corrected chi connectivity index (χ2v) is 8.72. The third kappa shape index (κ3) is 16.1. The minimum atomic E-state index is 0.649. The summed E-state index contributed by atoms with van der Waals surface area (Å²) < 4.78 is 12.1. The maximum Gasteiger partial charge on any atom is 0.123 e. The lowest BCUT2D eigenvalue weighted by atomic mass is 10.1. The van der Waals surface area contributed by atoms with Gasteiger partial charge in [0.2, 0.25) is 0 Å². The summed E-state index contributed by atoms with van der Waals surface area (Å²) in [5.74, 6) is 1.85. The monoisotopic (exact) mass is 434 g/mol. The number of hydrogen-bond donors (Lipinski definition) is 2. The molecule has 0 saturated heterocycles. The molecule has 0 fully saturated rings. The zero-order valence-corrected chi connectivity index (χ0v) is 20.6. The summed E-state index contributed by atoms with van der Waals surface area (Å²) in [5.41, 5.74) is 6.80. The van der Waals surface area contributed by atoms with Crippen molar-refractivity contribution in [2.45, 2.75) is 110 Å². The van der Waals surface area contributed by atoms with Gasteiger partial charge in [0, 0.05) is 25.7 Å². The highest BCUT2D eigenvalue weighted by Crippen LogP contribution is 2.24. The van der Waals surface area contributed by atoms with E-state index in [-0.39, 0.29) is 0 Å². The van der Waals surface area contributed by atoms with Gasteiger partial charge in [-0.25, -0.2) is 0 Å². The van der Waals surface area contributed by atoms with Crippen LogP contribution in [0.15, 0.2) is 18.2 Å². The van der Waals surface area contributed by atoms with Crippen LogP contribution in [0.1, 0.15) is 109 Å². The van der Waals surface area contributed by atoms with Crippen LogP contribution in [0.4, 0.5) is 0 Å². The second-order valence-electron chi connectivity index (χ2n) is 8.72.